The molecule has 6 nitrogen and oxygen atoms in total. The van der Waals surface area contributed by atoms with Crippen molar-refractivity contribution in [2.24, 2.45) is 0 Å². The first kappa shape index (κ1) is 19.8. The van der Waals surface area contributed by atoms with E-state index in [2.05, 4.69) is 33.2 Å². The van der Waals surface area contributed by atoms with E-state index < -0.39 is 0 Å². The molecule has 1 aliphatic heterocycles. The summed E-state index contributed by atoms with van der Waals surface area (Å²) < 4.78 is 13.4. The number of fused-ring (bicyclic) bond motifs is 1. The molecule has 0 aliphatic carbocycles. The third kappa shape index (κ3) is 4.76. The van der Waals surface area contributed by atoms with Gasteiger partial charge in [0.1, 0.15) is 13.2 Å². The lowest BCUT2D eigenvalue weighted by Gasteiger charge is -2.19. The molecule has 0 saturated carbocycles. The van der Waals surface area contributed by atoms with Crippen LogP contribution in [0.15, 0.2) is 47.1 Å². The third-order valence-corrected chi connectivity index (χ3v) is 6.51. The van der Waals surface area contributed by atoms with Crippen LogP contribution in [0.3, 0.4) is 0 Å². The minimum absolute atomic E-state index is 0.0260. The molecule has 0 spiro atoms. The van der Waals surface area contributed by atoms with E-state index in [4.69, 9.17) is 9.47 Å². The Labute approximate surface area is 178 Å². The lowest BCUT2D eigenvalue weighted by atomic mass is 10.1. The zero-order valence-electron chi connectivity index (χ0n) is 16.2. The Hall–Kier alpha value is -2.45. The molecule has 0 fully saturated rings. The number of amides is 1. The zero-order valence-corrected chi connectivity index (χ0v) is 17.9. The van der Waals surface area contributed by atoms with Gasteiger partial charge in [0.15, 0.2) is 16.7 Å². The van der Waals surface area contributed by atoms with E-state index in [0.717, 1.165) is 40.9 Å². The number of nitrogens with one attached hydrogen (secondary N) is 1. The lowest BCUT2D eigenvalue weighted by Crippen LogP contribution is -2.27. The highest BCUT2D eigenvalue weighted by Crippen LogP contribution is 2.35. The Balaban J connectivity index is 1.37. The van der Waals surface area contributed by atoms with Gasteiger partial charge in [0.25, 0.3) is 0 Å². The van der Waals surface area contributed by atoms with Crippen molar-refractivity contribution in [3.8, 4) is 22.8 Å². The molecule has 0 saturated heterocycles. The molecule has 152 valence electrons. The number of rotatable bonds is 8. The van der Waals surface area contributed by atoms with E-state index in [0.29, 0.717) is 25.5 Å². The molecule has 4 rings (SSSR count). The van der Waals surface area contributed by atoms with Crippen LogP contribution in [-0.2, 0) is 17.8 Å². The SMILES string of the molecule is CCn1c(-c2ccc3c(c2)OCCO3)cnc1SCC(=O)NCCc1cccs1. The summed E-state index contributed by atoms with van der Waals surface area (Å²) in [6.07, 6.45) is 2.72. The third-order valence-electron chi connectivity index (χ3n) is 4.58. The number of carbonyl (C=O) groups excluding carboxylic acids is 1. The maximum atomic E-state index is 12.2. The first-order valence-corrected chi connectivity index (χ1v) is 11.5. The van der Waals surface area contributed by atoms with Gasteiger partial charge in [-0.3, -0.25) is 4.79 Å². The fourth-order valence-electron chi connectivity index (χ4n) is 3.17. The van der Waals surface area contributed by atoms with Gasteiger partial charge in [-0.25, -0.2) is 4.98 Å². The van der Waals surface area contributed by atoms with Gasteiger partial charge in [0.05, 0.1) is 17.6 Å². The second kappa shape index (κ2) is 9.37. The minimum atomic E-state index is 0.0260. The van der Waals surface area contributed by atoms with Crippen molar-refractivity contribution in [2.75, 3.05) is 25.5 Å². The number of thiophene rings is 1. The summed E-state index contributed by atoms with van der Waals surface area (Å²) in [7, 11) is 0. The molecule has 0 unspecified atom stereocenters. The number of ether oxygens (including phenoxy) is 2. The molecule has 1 N–H and O–H groups in total. The van der Waals surface area contributed by atoms with Gasteiger partial charge >= 0.3 is 0 Å². The van der Waals surface area contributed by atoms with Gasteiger partial charge in [-0.2, -0.15) is 0 Å². The van der Waals surface area contributed by atoms with Crippen molar-refractivity contribution < 1.29 is 14.3 Å². The topological polar surface area (TPSA) is 65.4 Å². The molecular formula is C21H23N3O3S2. The van der Waals surface area contributed by atoms with Crippen molar-refractivity contribution >= 4 is 29.0 Å². The standard InChI is InChI=1S/C21H23N3O3S2/c1-2-24-17(15-5-6-18-19(12-15)27-10-9-26-18)13-23-21(24)29-14-20(25)22-8-7-16-4-3-11-28-16/h3-6,11-13H,2,7-10,14H2,1H3,(H,22,25). The van der Waals surface area contributed by atoms with Crippen LogP contribution in [0.2, 0.25) is 0 Å². The lowest BCUT2D eigenvalue weighted by molar-refractivity contribution is -0.118. The Morgan fingerprint density at radius 1 is 1.28 bits per heavy atom. The Kier molecular flexibility index (Phi) is 6.41. The van der Waals surface area contributed by atoms with Crippen molar-refractivity contribution in [1.29, 1.82) is 0 Å². The molecule has 1 aliphatic rings. The highest BCUT2D eigenvalue weighted by molar-refractivity contribution is 7.99. The minimum Gasteiger partial charge on any atom is -0.486 e. The number of thioether (sulfide) groups is 1. The molecule has 8 heteroatoms. The van der Waals surface area contributed by atoms with E-state index in [1.807, 2.05) is 30.5 Å². The summed E-state index contributed by atoms with van der Waals surface area (Å²) in [4.78, 5) is 18.0. The summed E-state index contributed by atoms with van der Waals surface area (Å²) in [5.74, 6) is 1.91. The average molecular weight is 430 g/mol. The quantitative estimate of drug-likeness (QED) is 0.551. The van der Waals surface area contributed by atoms with Crippen LogP contribution in [0.4, 0.5) is 0 Å². The molecule has 0 atom stereocenters. The maximum absolute atomic E-state index is 12.2. The Morgan fingerprint density at radius 3 is 2.93 bits per heavy atom. The van der Waals surface area contributed by atoms with Crippen molar-refractivity contribution in [3.05, 3.63) is 46.8 Å². The fraction of sp³-hybridized carbons (Fsp3) is 0.333. The number of imidazole rings is 1. The van der Waals surface area contributed by atoms with Crippen LogP contribution in [0.1, 0.15) is 11.8 Å². The van der Waals surface area contributed by atoms with E-state index >= 15 is 0 Å². The summed E-state index contributed by atoms with van der Waals surface area (Å²) in [5.41, 5.74) is 2.03. The molecule has 29 heavy (non-hydrogen) atoms. The predicted molar refractivity (Wildman–Crippen MR) is 116 cm³/mol. The summed E-state index contributed by atoms with van der Waals surface area (Å²) in [5, 5.41) is 5.87. The summed E-state index contributed by atoms with van der Waals surface area (Å²) in [6, 6.07) is 10.1. The smallest absolute Gasteiger partial charge is 0.230 e. The number of aromatic nitrogens is 2. The molecular weight excluding hydrogens is 406 g/mol. The average Bonchev–Trinajstić information content (AvgIpc) is 3.41. The molecule has 1 aromatic carbocycles. The molecule has 1 amide bonds. The Morgan fingerprint density at radius 2 is 2.14 bits per heavy atom. The van der Waals surface area contributed by atoms with E-state index in [1.165, 1.54) is 16.6 Å². The fourth-order valence-corrected chi connectivity index (χ4v) is 4.76. The monoisotopic (exact) mass is 429 g/mol. The largest absolute Gasteiger partial charge is 0.486 e. The number of nitrogens with zero attached hydrogens (tertiary/aromatic N) is 2. The number of carbonyl (C=O) groups is 1. The van der Waals surface area contributed by atoms with E-state index in [9.17, 15) is 4.79 Å². The first-order valence-electron chi connectivity index (χ1n) is 9.62. The van der Waals surface area contributed by atoms with Crippen LogP contribution in [0.5, 0.6) is 11.5 Å². The van der Waals surface area contributed by atoms with Crippen molar-refractivity contribution in [2.45, 2.75) is 25.0 Å². The van der Waals surface area contributed by atoms with Gasteiger partial charge < -0.3 is 19.4 Å². The molecule has 2 aromatic heterocycles. The van der Waals surface area contributed by atoms with Crippen LogP contribution < -0.4 is 14.8 Å². The zero-order chi connectivity index (χ0) is 20.1. The first-order chi connectivity index (χ1) is 14.2. The van der Waals surface area contributed by atoms with Gasteiger partial charge in [0.2, 0.25) is 5.91 Å². The van der Waals surface area contributed by atoms with Gasteiger partial charge in [-0.1, -0.05) is 17.8 Å². The normalized spacial score (nSPS) is 12.7. The van der Waals surface area contributed by atoms with Crippen molar-refractivity contribution in [1.82, 2.24) is 14.9 Å². The number of benzene rings is 1. The van der Waals surface area contributed by atoms with Gasteiger partial charge in [-0.05, 0) is 43.0 Å². The van der Waals surface area contributed by atoms with E-state index in [-0.39, 0.29) is 5.91 Å². The molecule has 3 aromatic rings. The van der Waals surface area contributed by atoms with Crippen LogP contribution in [0, 0.1) is 0 Å². The molecule has 0 bridgehead atoms. The summed E-state index contributed by atoms with van der Waals surface area (Å²) >= 11 is 3.17. The van der Waals surface area contributed by atoms with Crippen LogP contribution in [0.25, 0.3) is 11.3 Å². The second-order valence-electron chi connectivity index (χ2n) is 6.50. The summed E-state index contributed by atoms with van der Waals surface area (Å²) in [6.45, 7) is 4.65. The van der Waals surface area contributed by atoms with Crippen LogP contribution >= 0.6 is 23.1 Å². The van der Waals surface area contributed by atoms with Gasteiger partial charge in [-0.15, -0.1) is 11.3 Å². The second-order valence-corrected chi connectivity index (χ2v) is 8.47. The van der Waals surface area contributed by atoms with E-state index in [1.54, 1.807) is 11.3 Å². The highest BCUT2D eigenvalue weighted by atomic mass is 32.2. The number of hydrogen-bond donors (Lipinski definition) is 1. The molecule has 0 radical (unpaired) electrons. The Bertz CT molecular complexity index is 970. The highest BCUT2D eigenvalue weighted by Gasteiger charge is 2.16. The van der Waals surface area contributed by atoms with Crippen LogP contribution in [-0.4, -0.2) is 41.0 Å². The predicted octanol–water partition coefficient (Wildman–Crippen LogP) is 3.85. The van der Waals surface area contributed by atoms with Crippen molar-refractivity contribution in [3.63, 3.8) is 0 Å². The van der Waals surface area contributed by atoms with Gasteiger partial charge in [0, 0.05) is 23.5 Å². The molecule has 3 heterocycles. The number of hydrogen-bond acceptors (Lipinski definition) is 6. The maximum Gasteiger partial charge on any atom is 0.230 e.